The molecule has 0 spiro atoms. The lowest BCUT2D eigenvalue weighted by Crippen LogP contribution is -2.45. The third kappa shape index (κ3) is 6.20. The van der Waals surface area contributed by atoms with Crippen LogP contribution in [-0.4, -0.2) is 61.2 Å². The Labute approximate surface area is 194 Å². The van der Waals surface area contributed by atoms with Gasteiger partial charge in [-0.25, -0.2) is 22.1 Å². The normalized spacial score (nSPS) is 16.0. The van der Waals surface area contributed by atoms with Gasteiger partial charge in [-0.15, -0.1) is 0 Å². The highest BCUT2D eigenvalue weighted by Gasteiger charge is 2.28. The fourth-order valence-electron chi connectivity index (χ4n) is 3.63. The summed E-state index contributed by atoms with van der Waals surface area (Å²) >= 11 is 0. The number of anilines is 1. The van der Waals surface area contributed by atoms with Gasteiger partial charge in [0, 0.05) is 32.5 Å². The van der Waals surface area contributed by atoms with Crippen molar-refractivity contribution in [2.75, 3.05) is 23.9 Å². The van der Waals surface area contributed by atoms with Crippen LogP contribution in [0.5, 0.6) is 5.75 Å². The number of benzene rings is 1. The number of ether oxygens (including phenoxy) is 1. The van der Waals surface area contributed by atoms with Crippen molar-refractivity contribution < 1.29 is 27.4 Å². The maximum absolute atomic E-state index is 13.3. The average molecular weight is 480 g/mol. The van der Waals surface area contributed by atoms with Crippen molar-refractivity contribution in [3.63, 3.8) is 0 Å². The first kappa shape index (κ1) is 24.9. The summed E-state index contributed by atoms with van der Waals surface area (Å²) in [6.07, 6.45) is 1.12. The number of pyridine rings is 1. The molecule has 1 fully saturated rings. The van der Waals surface area contributed by atoms with Crippen molar-refractivity contribution in [2.24, 2.45) is 5.92 Å². The summed E-state index contributed by atoms with van der Waals surface area (Å²) in [6, 6.07) is 8.70. The number of aliphatic hydroxyl groups is 1. The summed E-state index contributed by atoms with van der Waals surface area (Å²) in [5.74, 6) is -0.109. The molecule has 180 valence electrons. The molecule has 1 N–H and O–H groups in total. The highest BCUT2D eigenvalue weighted by atomic mass is 32.2. The Morgan fingerprint density at radius 2 is 1.82 bits per heavy atom. The van der Waals surface area contributed by atoms with E-state index in [4.69, 9.17) is 4.74 Å². The van der Waals surface area contributed by atoms with Crippen molar-refractivity contribution in [3.05, 3.63) is 48.4 Å². The Kier molecular flexibility index (Phi) is 7.91. The van der Waals surface area contributed by atoms with E-state index in [1.165, 1.54) is 35.5 Å². The van der Waals surface area contributed by atoms with Crippen LogP contribution in [0.15, 0.2) is 47.5 Å². The van der Waals surface area contributed by atoms with Gasteiger partial charge in [-0.3, -0.25) is 4.79 Å². The van der Waals surface area contributed by atoms with E-state index in [0.29, 0.717) is 31.7 Å². The van der Waals surface area contributed by atoms with Crippen LogP contribution in [0, 0.1) is 11.7 Å². The van der Waals surface area contributed by atoms with E-state index in [0.717, 1.165) is 6.20 Å². The van der Waals surface area contributed by atoms with Gasteiger partial charge in [-0.1, -0.05) is 13.8 Å². The minimum Gasteiger partial charge on any atom is -0.490 e. The molecule has 33 heavy (non-hydrogen) atoms. The Morgan fingerprint density at radius 1 is 1.18 bits per heavy atom. The van der Waals surface area contributed by atoms with Crippen LogP contribution >= 0.6 is 0 Å². The Hall–Kier alpha value is -2.72. The molecule has 0 bridgehead atoms. The molecule has 1 amide bonds. The number of aromatic nitrogens is 1. The van der Waals surface area contributed by atoms with E-state index >= 15 is 0 Å². The highest BCUT2D eigenvalue weighted by Crippen LogP contribution is 2.26. The fourth-order valence-corrected chi connectivity index (χ4v) is 5.21. The number of aliphatic hydroxyl groups excluding tert-OH is 1. The molecule has 10 heteroatoms. The molecule has 2 heterocycles. The number of carbonyl (C=O) groups is 1. The molecule has 1 atom stereocenters. The van der Waals surface area contributed by atoms with E-state index in [-0.39, 0.29) is 35.2 Å². The lowest BCUT2D eigenvalue weighted by Gasteiger charge is -2.33. The molecule has 1 aliphatic rings. The zero-order valence-electron chi connectivity index (χ0n) is 19.0. The number of nitrogens with zero attached hydrogens (tertiary/aromatic N) is 3. The minimum atomic E-state index is -3.91. The second kappa shape index (κ2) is 10.5. The van der Waals surface area contributed by atoms with Gasteiger partial charge in [0.15, 0.2) is 0 Å². The first-order valence-corrected chi connectivity index (χ1v) is 12.4. The first-order chi connectivity index (χ1) is 15.6. The second-order valence-corrected chi connectivity index (χ2v) is 10.4. The van der Waals surface area contributed by atoms with Gasteiger partial charge in [0.2, 0.25) is 0 Å². The van der Waals surface area contributed by atoms with E-state index in [9.17, 15) is 22.7 Å². The van der Waals surface area contributed by atoms with Crippen molar-refractivity contribution in [2.45, 2.75) is 50.7 Å². The number of carbonyl (C=O) groups excluding carboxylic acids is 1. The average Bonchev–Trinajstić information content (AvgIpc) is 2.78. The van der Waals surface area contributed by atoms with Gasteiger partial charge in [0.05, 0.1) is 11.1 Å². The predicted octanol–water partition coefficient (Wildman–Crippen LogP) is 2.82. The Balaban J connectivity index is 1.70. The van der Waals surface area contributed by atoms with Crippen LogP contribution in [0.4, 0.5) is 10.2 Å². The molecule has 8 nitrogen and oxygen atoms in total. The molecular weight excluding hydrogens is 449 g/mol. The van der Waals surface area contributed by atoms with Crippen LogP contribution in [-0.2, 0) is 14.8 Å². The number of likely N-dealkylation sites (tertiary alicyclic amines) is 1. The van der Waals surface area contributed by atoms with E-state index in [1.54, 1.807) is 17.0 Å². The number of hydrogen-bond acceptors (Lipinski definition) is 6. The standard InChI is InChI=1S/C23H30FN3O5S/c1-16(2)15-27(22-9-4-18(24)14-25-22)33(30,31)21-7-5-19(6-8-21)32-20-10-12-26(13-11-20)23(29)17(3)28/h4-9,14,16-17,20,28H,10-13,15H2,1-3H3. The molecule has 1 aliphatic heterocycles. The summed E-state index contributed by atoms with van der Waals surface area (Å²) in [7, 11) is -3.91. The topological polar surface area (TPSA) is 100 Å². The molecule has 1 aromatic heterocycles. The van der Waals surface area contributed by atoms with E-state index < -0.39 is 21.9 Å². The lowest BCUT2D eigenvalue weighted by molar-refractivity contribution is -0.141. The molecule has 1 aromatic carbocycles. The minimum absolute atomic E-state index is 0.0285. The molecule has 0 aliphatic carbocycles. The van der Waals surface area contributed by atoms with Gasteiger partial charge in [-0.2, -0.15) is 0 Å². The molecule has 3 rings (SSSR count). The largest absolute Gasteiger partial charge is 0.490 e. The number of piperidine rings is 1. The zero-order valence-corrected chi connectivity index (χ0v) is 19.8. The number of halogens is 1. The van der Waals surface area contributed by atoms with E-state index in [2.05, 4.69) is 4.98 Å². The smallest absolute Gasteiger partial charge is 0.265 e. The predicted molar refractivity (Wildman–Crippen MR) is 122 cm³/mol. The van der Waals surface area contributed by atoms with Crippen LogP contribution in [0.25, 0.3) is 0 Å². The SMILES string of the molecule is CC(C)CN(c1ccc(F)cn1)S(=O)(=O)c1ccc(OC2CCN(C(=O)C(C)O)CC2)cc1. The van der Waals surface area contributed by atoms with Crippen molar-refractivity contribution in [3.8, 4) is 5.75 Å². The van der Waals surface area contributed by atoms with Crippen LogP contribution in [0.3, 0.4) is 0 Å². The van der Waals surface area contributed by atoms with Crippen LogP contribution in [0.2, 0.25) is 0 Å². The number of rotatable bonds is 8. The van der Waals surface area contributed by atoms with Crippen LogP contribution in [0.1, 0.15) is 33.6 Å². The molecule has 0 saturated carbocycles. The molecule has 2 aromatic rings. The lowest BCUT2D eigenvalue weighted by atomic mass is 10.1. The monoisotopic (exact) mass is 479 g/mol. The van der Waals surface area contributed by atoms with Crippen LogP contribution < -0.4 is 9.04 Å². The Bertz CT molecular complexity index is 1030. The summed E-state index contributed by atoms with van der Waals surface area (Å²) in [4.78, 5) is 17.5. The van der Waals surface area contributed by atoms with Gasteiger partial charge in [-0.05, 0) is 49.2 Å². The fraction of sp³-hybridized carbons (Fsp3) is 0.478. The zero-order chi connectivity index (χ0) is 24.2. The molecule has 1 unspecified atom stereocenters. The molecule has 0 radical (unpaired) electrons. The van der Waals surface area contributed by atoms with Gasteiger partial charge < -0.3 is 14.7 Å². The van der Waals surface area contributed by atoms with Gasteiger partial charge in [0.25, 0.3) is 15.9 Å². The van der Waals surface area contributed by atoms with Crippen molar-refractivity contribution in [1.29, 1.82) is 0 Å². The number of amides is 1. The van der Waals surface area contributed by atoms with E-state index in [1.807, 2.05) is 13.8 Å². The summed E-state index contributed by atoms with van der Waals surface area (Å²) in [5.41, 5.74) is 0. The summed E-state index contributed by atoms with van der Waals surface area (Å²) in [5, 5.41) is 9.44. The van der Waals surface area contributed by atoms with Crippen molar-refractivity contribution >= 4 is 21.7 Å². The maximum Gasteiger partial charge on any atom is 0.265 e. The quantitative estimate of drug-likeness (QED) is 0.625. The number of hydrogen-bond donors (Lipinski definition) is 1. The van der Waals surface area contributed by atoms with Gasteiger partial charge >= 0.3 is 0 Å². The maximum atomic E-state index is 13.3. The first-order valence-electron chi connectivity index (χ1n) is 11.0. The molecular formula is C23H30FN3O5S. The number of sulfonamides is 1. The van der Waals surface area contributed by atoms with Crippen molar-refractivity contribution in [1.82, 2.24) is 9.88 Å². The third-order valence-electron chi connectivity index (χ3n) is 5.32. The Morgan fingerprint density at radius 3 is 2.33 bits per heavy atom. The summed E-state index contributed by atoms with van der Waals surface area (Å²) in [6.45, 7) is 6.43. The third-order valence-corrected chi connectivity index (χ3v) is 7.11. The summed E-state index contributed by atoms with van der Waals surface area (Å²) < 4.78 is 47.1. The second-order valence-electron chi connectivity index (χ2n) is 8.55. The highest BCUT2D eigenvalue weighted by molar-refractivity contribution is 7.92. The van der Waals surface area contributed by atoms with Gasteiger partial charge in [0.1, 0.15) is 29.6 Å². The molecule has 1 saturated heterocycles.